The van der Waals surface area contributed by atoms with Gasteiger partial charge in [0, 0.05) is 10.6 Å². The van der Waals surface area contributed by atoms with Crippen molar-refractivity contribution in [2.75, 3.05) is 7.11 Å². The minimum absolute atomic E-state index is 0.0113. The number of sulfonamides is 1. The van der Waals surface area contributed by atoms with Crippen LogP contribution in [0.5, 0.6) is 5.75 Å². The van der Waals surface area contributed by atoms with Crippen molar-refractivity contribution in [1.82, 2.24) is 10.3 Å². The summed E-state index contributed by atoms with van der Waals surface area (Å²) in [5.41, 5.74) is 2.40. The van der Waals surface area contributed by atoms with E-state index in [1.165, 1.54) is 43.5 Å². The smallest absolute Gasteiger partial charge is 0.266 e. The lowest BCUT2D eigenvalue weighted by Crippen LogP contribution is -2.41. The minimum atomic E-state index is -3.87. The molecule has 0 fully saturated rings. The molecule has 2 aromatic carbocycles. The maximum Gasteiger partial charge on any atom is 0.266 e. The summed E-state index contributed by atoms with van der Waals surface area (Å²) >= 11 is 5.70. The Labute approximate surface area is 133 Å². The first-order valence-electron chi connectivity index (χ1n) is 6.14. The highest BCUT2D eigenvalue weighted by Crippen LogP contribution is 2.14. The van der Waals surface area contributed by atoms with Gasteiger partial charge < -0.3 is 4.74 Å². The number of benzene rings is 2. The zero-order chi connectivity index (χ0) is 16.2. The average molecular weight is 341 g/mol. The van der Waals surface area contributed by atoms with Crippen molar-refractivity contribution in [3.63, 3.8) is 0 Å². The summed E-state index contributed by atoms with van der Waals surface area (Å²) in [6.07, 6.45) is 0. The fraction of sp³-hybridized carbons (Fsp3) is 0.0714. The fourth-order valence-corrected chi connectivity index (χ4v) is 2.59. The van der Waals surface area contributed by atoms with E-state index in [1.54, 1.807) is 12.1 Å². The molecule has 116 valence electrons. The van der Waals surface area contributed by atoms with Crippen molar-refractivity contribution < 1.29 is 17.9 Å². The molecule has 2 rings (SSSR count). The molecule has 0 saturated heterocycles. The summed E-state index contributed by atoms with van der Waals surface area (Å²) < 4.78 is 29.0. The quantitative estimate of drug-likeness (QED) is 0.815. The number of carbonyl (C=O) groups is 1. The van der Waals surface area contributed by atoms with E-state index in [0.717, 1.165) is 0 Å². The Morgan fingerprint density at radius 2 is 1.82 bits per heavy atom. The summed E-state index contributed by atoms with van der Waals surface area (Å²) in [6.45, 7) is 0. The summed E-state index contributed by atoms with van der Waals surface area (Å²) in [5.74, 6) is -0.107. The molecular weight excluding hydrogens is 328 g/mol. The van der Waals surface area contributed by atoms with E-state index in [-0.39, 0.29) is 10.5 Å². The largest absolute Gasteiger partial charge is 0.497 e. The number of hydrogen-bond donors (Lipinski definition) is 2. The first-order chi connectivity index (χ1) is 10.4. The van der Waals surface area contributed by atoms with Gasteiger partial charge in [0.1, 0.15) is 5.75 Å². The Kier molecular flexibility index (Phi) is 5.02. The minimum Gasteiger partial charge on any atom is -0.497 e. The maximum absolute atomic E-state index is 12.0. The molecule has 8 heteroatoms. The van der Waals surface area contributed by atoms with Gasteiger partial charge in [-0.2, -0.15) is 0 Å². The van der Waals surface area contributed by atoms with Gasteiger partial charge in [-0.15, -0.1) is 4.83 Å². The van der Waals surface area contributed by atoms with Crippen LogP contribution >= 0.6 is 11.6 Å². The molecule has 0 heterocycles. The van der Waals surface area contributed by atoms with Crippen molar-refractivity contribution in [2.45, 2.75) is 4.90 Å². The Bertz CT molecular complexity index is 776. The Hall–Kier alpha value is -2.09. The van der Waals surface area contributed by atoms with E-state index in [2.05, 4.69) is 5.43 Å². The average Bonchev–Trinajstić information content (AvgIpc) is 2.53. The van der Waals surface area contributed by atoms with Crippen LogP contribution in [0.4, 0.5) is 0 Å². The molecule has 2 aromatic rings. The topological polar surface area (TPSA) is 84.5 Å². The second-order valence-electron chi connectivity index (χ2n) is 4.25. The highest BCUT2D eigenvalue weighted by molar-refractivity contribution is 7.89. The van der Waals surface area contributed by atoms with Crippen LogP contribution in [0.15, 0.2) is 53.4 Å². The van der Waals surface area contributed by atoms with Gasteiger partial charge in [-0.3, -0.25) is 10.2 Å². The molecular formula is C14H13ClN2O4S. The number of hydrazine groups is 1. The van der Waals surface area contributed by atoms with Gasteiger partial charge in [-0.05, 0) is 42.5 Å². The third-order valence-electron chi connectivity index (χ3n) is 2.75. The van der Waals surface area contributed by atoms with Crippen LogP contribution in [-0.4, -0.2) is 21.4 Å². The molecule has 0 saturated carbocycles. The third kappa shape index (κ3) is 3.97. The Balaban J connectivity index is 2.08. The molecule has 6 nitrogen and oxygen atoms in total. The lowest BCUT2D eigenvalue weighted by Gasteiger charge is -2.09. The van der Waals surface area contributed by atoms with E-state index in [1.807, 2.05) is 4.83 Å². The van der Waals surface area contributed by atoms with Gasteiger partial charge in [0.25, 0.3) is 15.9 Å². The highest BCUT2D eigenvalue weighted by Gasteiger charge is 2.15. The summed E-state index contributed by atoms with van der Waals surface area (Å²) in [6, 6.07) is 11.9. The van der Waals surface area contributed by atoms with Crippen LogP contribution in [0.2, 0.25) is 5.02 Å². The summed E-state index contributed by atoms with van der Waals surface area (Å²) in [5, 5.41) is 0.416. The van der Waals surface area contributed by atoms with Crippen molar-refractivity contribution >= 4 is 27.5 Å². The van der Waals surface area contributed by atoms with Gasteiger partial charge in [0.2, 0.25) is 0 Å². The normalized spacial score (nSPS) is 11.0. The molecule has 0 aromatic heterocycles. The zero-order valence-electron chi connectivity index (χ0n) is 11.5. The SMILES string of the molecule is COc1cccc(C(=O)NNS(=O)(=O)c2ccc(Cl)cc2)c1. The molecule has 0 radical (unpaired) electrons. The van der Waals surface area contributed by atoms with Gasteiger partial charge in [-0.1, -0.05) is 17.7 Å². The van der Waals surface area contributed by atoms with E-state index in [0.29, 0.717) is 10.8 Å². The molecule has 0 aliphatic heterocycles. The van der Waals surface area contributed by atoms with Crippen molar-refractivity contribution in [3.05, 3.63) is 59.1 Å². The first kappa shape index (κ1) is 16.3. The molecule has 0 bridgehead atoms. The monoisotopic (exact) mass is 340 g/mol. The number of hydrogen-bond acceptors (Lipinski definition) is 4. The van der Waals surface area contributed by atoms with E-state index in [4.69, 9.17) is 16.3 Å². The van der Waals surface area contributed by atoms with Gasteiger partial charge in [-0.25, -0.2) is 8.42 Å². The number of halogens is 1. The van der Waals surface area contributed by atoms with E-state index >= 15 is 0 Å². The van der Waals surface area contributed by atoms with Crippen molar-refractivity contribution in [1.29, 1.82) is 0 Å². The predicted octanol–water partition coefficient (Wildman–Crippen LogP) is 1.97. The summed E-state index contributed by atoms with van der Waals surface area (Å²) in [7, 11) is -2.40. The molecule has 0 spiro atoms. The molecule has 2 N–H and O–H groups in total. The highest BCUT2D eigenvalue weighted by atomic mass is 35.5. The molecule has 22 heavy (non-hydrogen) atoms. The van der Waals surface area contributed by atoms with Crippen LogP contribution in [0.25, 0.3) is 0 Å². The van der Waals surface area contributed by atoms with Gasteiger partial charge >= 0.3 is 0 Å². The second-order valence-corrected chi connectivity index (χ2v) is 6.36. The number of nitrogens with one attached hydrogen (secondary N) is 2. The third-order valence-corrected chi connectivity index (χ3v) is 4.27. The molecule has 1 amide bonds. The number of methoxy groups -OCH3 is 1. The summed E-state index contributed by atoms with van der Waals surface area (Å²) in [4.78, 5) is 13.9. The molecule has 0 aliphatic carbocycles. The number of rotatable bonds is 5. The van der Waals surface area contributed by atoms with Gasteiger partial charge in [0.05, 0.1) is 12.0 Å². The van der Waals surface area contributed by atoms with E-state index < -0.39 is 15.9 Å². The van der Waals surface area contributed by atoms with E-state index in [9.17, 15) is 13.2 Å². The zero-order valence-corrected chi connectivity index (χ0v) is 13.1. The number of carbonyl (C=O) groups excluding carboxylic acids is 1. The lowest BCUT2D eigenvalue weighted by molar-refractivity contribution is 0.0945. The van der Waals surface area contributed by atoms with Crippen LogP contribution in [0.1, 0.15) is 10.4 Å². The second kappa shape index (κ2) is 6.78. The standard InChI is InChI=1S/C14H13ClN2O4S/c1-21-12-4-2-3-10(9-12)14(18)16-17-22(19,20)13-7-5-11(15)6-8-13/h2-9,17H,1H3,(H,16,18). The predicted molar refractivity (Wildman–Crippen MR) is 82.2 cm³/mol. The maximum atomic E-state index is 12.0. The van der Waals surface area contributed by atoms with Crippen LogP contribution in [0, 0.1) is 0 Å². The van der Waals surface area contributed by atoms with Crippen LogP contribution in [-0.2, 0) is 10.0 Å². The lowest BCUT2D eigenvalue weighted by atomic mass is 10.2. The Morgan fingerprint density at radius 3 is 2.45 bits per heavy atom. The first-order valence-corrected chi connectivity index (χ1v) is 8.00. The van der Waals surface area contributed by atoms with Crippen molar-refractivity contribution in [3.8, 4) is 5.75 Å². The van der Waals surface area contributed by atoms with Crippen LogP contribution in [0.3, 0.4) is 0 Å². The molecule has 0 atom stereocenters. The fourth-order valence-electron chi connectivity index (χ4n) is 1.62. The number of ether oxygens (including phenoxy) is 1. The molecule has 0 aliphatic rings. The Morgan fingerprint density at radius 1 is 1.14 bits per heavy atom. The number of amides is 1. The molecule has 0 unspecified atom stereocenters. The van der Waals surface area contributed by atoms with Gasteiger partial charge in [0.15, 0.2) is 0 Å². The van der Waals surface area contributed by atoms with Crippen LogP contribution < -0.4 is 15.0 Å². The van der Waals surface area contributed by atoms with Crippen molar-refractivity contribution in [2.24, 2.45) is 0 Å².